The van der Waals surface area contributed by atoms with Gasteiger partial charge in [0.2, 0.25) is 10.0 Å². The van der Waals surface area contributed by atoms with Crippen molar-refractivity contribution < 1.29 is 8.42 Å². The van der Waals surface area contributed by atoms with E-state index in [-0.39, 0.29) is 0 Å². The van der Waals surface area contributed by atoms with Crippen molar-refractivity contribution in [2.45, 2.75) is 4.90 Å². The van der Waals surface area contributed by atoms with Crippen molar-refractivity contribution in [3.8, 4) is 0 Å². The van der Waals surface area contributed by atoms with Crippen LogP contribution in [0.15, 0.2) is 29.2 Å². The van der Waals surface area contributed by atoms with Gasteiger partial charge in [0.1, 0.15) is 0 Å². The first-order valence-electron chi connectivity index (χ1n) is 6.26. The van der Waals surface area contributed by atoms with Crippen molar-refractivity contribution in [2.24, 2.45) is 0 Å². The Morgan fingerprint density at radius 3 is 2.74 bits per heavy atom. The standard InChI is InChI=1S/C12H18IN3O2S/c13-11-2-1-3-12(10-11)19(17,18)15-6-9-16-7-4-14-5-8-16/h1-3,10,14-15H,4-9H2. The molecule has 0 spiro atoms. The van der Waals surface area contributed by atoms with Gasteiger partial charge >= 0.3 is 0 Å². The van der Waals surface area contributed by atoms with Crippen LogP contribution in [0.2, 0.25) is 0 Å². The predicted octanol–water partition coefficient (Wildman–Crippen LogP) is 0.475. The molecule has 5 nitrogen and oxygen atoms in total. The van der Waals surface area contributed by atoms with Gasteiger partial charge in [-0.05, 0) is 40.8 Å². The fourth-order valence-corrected chi connectivity index (χ4v) is 3.81. The van der Waals surface area contributed by atoms with Crippen LogP contribution in [0.4, 0.5) is 0 Å². The van der Waals surface area contributed by atoms with Gasteiger partial charge in [0.05, 0.1) is 4.90 Å². The molecule has 19 heavy (non-hydrogen) atoms. The third-order valence-electron chi connectivity index (χ3n) is 3.04. The second-order valence-electron chi connectivity index (χ2n) is 4.45. The van der Waals surface area contributed by atoms with Crippen LogP contribution in [0.3, 0.4) is 0 Å². The Kier molecular flexibility index (Phi) is 5.58. The molecule has 0 bridgehead atoms. The van der Waals surface area contributed by atoms with E-state index in [0.29, 0.717) is 11.4 Å². The van der Waals surface area contributed by atoms with Crippen molar-refractivity contribution in [1.29, 1.82) is 0 Å². The summed E-state index contributed by atoms with van der Waals surface area (Å²) < 4.78 is 27.7. The molecule has 0 aromatic heterocycles. The third kappa shape index (κ3) is 4.67. The van der Waals surface area contributed by atoms with Crippen LogP contribution in [0.1, 0.15) is 0 Å². The lowest BCUT2D eigenvalue weighted by Gasteiger charge is -2.27. The minimum Gasteiger partial charge on any atom is -0.314 e. The van der Waals surface area contributed by atoms with Crippen LogP contribution in [0.5, 0.6) is 0 Å². The molecule has 1 aromatic rings. The summed E-state index contributed by atoms with van der Waals surface area (Å²) in [5, 5.41) is 3.27. The second-order valence-corrected chi connectivity index (χ2v) is 7.46. The van der Waals surface area contributed by atoms with E-state index in [0.717, 1.165) is 36.3 Å². The summed E-state index contributed by atoms with van der Waals surface area (Å²) in [5.74, 6) is 0. The molecule has 106 valence electrons. The van der Waals surface area contributed by atoms with Gasteiger partial charge in [-0.2, -0.15) is 0 Å². The zero-order valence-corrected chi connectivity index (χ0v) is 13.6. The molecule has 2 N–H and O–H groups in total. The molecule has 1 aromatic carbocycles. The van der Waals surface area contributed by atoms with Crippen molar-refractivity contribution in [2.75, 3.05) is 39.3 Å². The maximum Gasteiger partial charge on any atom is 0.240 e. The number of benzene rings is 1. The Labute approximate surface area is 127 Å². The van der Waals surface area contributed by atoms with E-state index in [9.17, 15) is 8.42 Å². The zero-order valence-electron chi connectivity index (χ0n) is 10.6. The monoisotopic (exact) mass is 395 g/mol. The molecule has 2 rings (SSSR count). The Balaban J connectivity index is 1.87. The van der Waals surface area contributed by atoms with Crippen molar-refractivity contribution in [3.05, 3.63) is 27.8 Å². The van der Waals surface area contributed by atoms with Gasteiger partial charge in [0.15, 0.2) is 0 Å². The maximum absolute atomic E-state index is 12.1. The Bertz CT molecular complexity index is 515. The van der Waals surface area contributed by atoms with Crippen LogP contribution in [-0.2, 0) is 10.0 Å². The lowest BCUT2D eigenvalue weighted by Crippen LogP contribution is -2.46. The van der Waals surface area contributed by atoms with E-state index >= 15 is 0 Å². The summed E-state index contributed by atoms with van der Waals surface area (Å²) in [6, 6.07) is 6.93. The van der Waals surface area contributed by atoms with Crippen molar-refractivity contribution in [1.82, 2.24) is 14.9 Å². The molecular formula is C12H18IN3O2S. The largest absolute Gasteiger partial charge is 0.314 e. The molecule has 0 aliphatic carbocycles. The van der Waals surface area contributed by atoms with Crippen molar-refractivity contribution in [3.63, 3.8) is 0 Å². The van der Waals surface area contributed by atoms with Gasteiger partial charge in [0, 0.05) is 42.8 Å². The molecule has 7 heteroatoms. The maximum atomic E-state index is 12.1. The average Bonchev–Trinajstić information content (AvgIpc) is 2.40. The number of rotatable bonds is 5. The molecule has 1 aliphatic rings. The molecule has 1 heterocycles. The Morgan fingerprint density at radius 1 is 1.32 bits per heavy atom. The van der Waals surface area contributed by atoms with Crippen LogP contribution in [0, 0.1) is 3.57 Å². The Morgan fingerprint density at radius 2 is 2.05 bits per heavy atom. The molecule has 1 saturated heterocycles. The average molecular weight is 395 g/mol. The fourth-order valence-electron chi connectivity index (χ4n) is 1.99. The van der Waals surface area contributed by atoms with E-state index in [1.54, 1.807) is 18.2 Å². The van der Waals surface area contributed by atoms with E-state index < -0.39 is 10.0 Å². The number of hydrogen-bond acceptors (Lipinski definition) is 4. The summed E-state index contributed by atoms with van der Waals surface area (Å²) >= 11 is 2.11. The fraction of sp³-hybridized carbons (Fsp3) is 0.500. The topological polar surface area (TPSA) is 61.4 Å². The highest BCUT2D eigenvalue weighted by Crippen LogP contribution is 2.12. The number of hydrogen-bond donors (Lipinski definition) is 2. The predicted molar refractivity (Wildman–Crippen MR) is 83.7 cm³/mol. The molecule has 0 amide bonds. The number of halogens is 1. The summed E-state index contributed by atoms with van der Waals surface area (Å²) in [6.07, 6.45) is 0. The first-order chi connectivity index (χ1) is 9.08. The third-order valence-corrected chi connectivity index (χ3v) is 5.17. The number of nitrogens with zero attached hydrogens (tertiary/aromatic N) is 1. The van der Waals surface area contributed by atoms with Crippen LogP contribution >= 0.6 is 22.6 Å². The highest BCUT2D eigenvalue weighted by molar-refractivity contribution is 14.1. The highest BCUT2D eigenvalue weighted by atomic mass is 127. The smallest absolute Gasteiger partial charge is 0.240 e. The van der Waals surface area contributed by atoms with E-state index in [4.69, 9.17) is 0 Å². The van der Waals surface area contributed by atoms with Crippen molar-refractivity contribution >= 4 is 32.6 Å². The zero-order chi connectivity index (χ0) is 13.7. The van der Waals surface area contributed by atoms with Gasteiger partial charge in [-0.25, -0.2) is 13.1 Å². The summed E-state index contributed by atoms with van der Waals surface area (Å²) in [4.78, 5) is 2.59. The van der Waals surface area contributed by atoms with Gasteiger partial charge in [-0.15, -0.1) is 0 Å². The van der Waals surface area contributed by atoms with E-state index in [1.165, 1.54) is 0 Å². The number of piperazine rings is 1. The highest BCUT2D eigenvalue weighted by Gasteiger charge is 2.15. The van der Waals surface area contributed by atoms with Crippen LogP contribution < -0.4 is 10.0 Å². The van der Waals surface area contributed by atoms with Gasteiger partial charge < -0.3 is 5.32 Å². The summed E-state index contributed by atoms with van der Waals surface area (Å²) in [6.45, 7) is 5.11. The van der Waals surface area contributed by atoms with Crippen LogP contribution in [-0.4, -0.2) is 52.6 Å². The van der Waals surface area contributed by atoms with E-state index in [2.05, 4.69) is 37.5 Å². The lowest BCUT2D eigenvalue weighted by molar-refractivity contribution is 0.245. The van der Waals surface area contributed by atoms with Gasteiger partial charge in [0.25, 0.3) is 0 Å². The van der Waals surface area contributed by atoms with E-state index in [1.807, 2.05) is 6.07 Å². The molecule has 0 unspecified atom stereocenters. The molecule has 1 fully saturated rings. The summed E-state index contributed by atoms with van der Waals surface area (Å²) in [7, 11) is -3.38. The summed E-state index contributed by atoms with van der Waals surface area (Å²) in [5.41, 5.74) is 0. The quantitative estimate of drug-likeness (QED) is 0.712. The minimum absolute atomic E-state index is 0.333. The van der Waals surface area contributed by atoms with Gasteiger partial charge in [-0.3, -0.25) is 4.90 Å². The number of sulfonamides is 1. The molecule has 0 saturated carbocycles. The van der Waals surface area contributed by atoms with Crippen LogP contribution in [0.25, 0.3) is 0 Å². The molecule has 0 radical (unpaired) electrons. The molecular weight excluding hydrogens is 377 g/mol. The minimum atomic E-state index is -3.38. The molecule has 0 atom stereocenters. The lowest BCUT2D eigenvalue weighted by atomic mass is 10.3. The first-order valence-corrected chi connectivity index (χ1v) is 8.82. The molecule has 1 aliphatic heterocycles. The number of nitrogens with one attached hydrogen (secondary N) is 2. The second kappa shape index (κ2) is 6.98. The SMILES string of the molecule is O=S(=O)(NCCN1CCNCC1)c1cccc(I)c1. The Hall–Kier alpha value is -0.220. The van der Waals surface area contributed by atoms with Gasteiger partial charge in [-0.1, -0.05) is 6.07 Å². The first kappa shape index (κ1) is 15.2. The normalized spacial score (nSPS) is 17.5.